The van der Waals surface area contributed by atoms with Crippen molar-refractivity contribution in [3.63, 3.8) is 0 Å². The smallest absolute Gasteiger partial charge is 0.420 e. The summed E-state index contributed by atoms with van der Waals surface area (Å²) in [7, 11) is 0. The standard InChI is InChI=1S/C32H18F3N3O2/c33-32(34,35)30-25(37-21-9-1-5-13-26(21)39-27-14-6-2-10-22(27)37)18-17-20(19-36)31(30)38-23-11-3-7-15-28(23)40-29-16-8-4-12-24(29)38/h1-18H. The van der Waals surface area contributed by atoms with Crippen molar-refractivity contribution >= 4 is 34.1 Å². The average molecular weight is 534 g/mol. The van der Waals surface area contributed by atoms with Crippen LogP contribution < -0.4 is 19.3 Å². The van der Waals surface area contributed by atoms with Crippen molar-refractivity contribution in [2.24, 2.45) is 0 Å². The molecule has 0 unspecified atom stereocenters. The van der Waals surface area contributed by atoms with Crippen LogP contribution in [0.4, 0.5) is 47.3 Å². The van der Waals surface area contributed by atoms with Gasteiger partial charge in [-0.3, -0.25) is 0 Å². The summed E-state index contributed by atoms with van der Waals surface area (Å²) in [6.45, 7) is 0. The lowest BCUT2D eigenvalue weighted by Crippen LogP contribution is -2.25. The molecule has 0 N–H and O–H groups in total. The fourth-order valence-corrected chi connectivity index (χ4v) is 5.28. The minimum Gasteiger partial charge on any atom is -0.453 e. The summed E-state index contributed by atoms with van der Waals surface area (Å²) in [6.07, 6.45) is -4.85. The van der Waals surface area contributed by atoms with Gasteiger partial charge in [0.1, 0.15) is 11.6 Å². The minimum atomic E-state index is -4.85. The van der Waals surface area contributed by atoms with E-state index >= 15 is 13.2 Å². The molecular weight excluding hydrogens is 515 g/mol. The van der Waals surface area contributed by atoms with Gasteiger partial charge in [0.05, 0.1) is 39.7 Å². The Bertz CT molecular complexity index is 1750. The van der Waals surface area contributed by atoms with Crippen molar-refractivity contribution in [3.05, 3.63) is 120 Å². The number of rotatable bonds is 2. The van der Waals surface area contributed by atoms with Crippen LogP contribution in [0.3, 0.4) is 0 Å². The van der Waals surface area contributed by atoms with Crippen LogP contribution in [0.15, 0.2) is 109 Å². The van der Waals surface area contributed by atoms with E-state index < -0.39 is 11.7 Å². The van der Waals surface area contributed by atoms with Gasteiger partial charge in [0.2, 0.25) is 0 Å². The van der Waals surface area contributed by atoms with E-state index in [9.17, 15) is 5.26 Å². The van der Waals surface area contributed by atoms with Gasteiger partial charge in [-0.1, -0.05) is 48.5 Å². The average Bonchev–Trinajstić information content (AvgIpc) is 2.97. The van der Waals surface area contributed by atoms with Crippen LogP contribution >= 0.6 is 0 Å². The monoisotopic (exact) mass is 533 g/mol. The molecule has 0 saturated heterocycles. The number of hydrogen-bond donors (Lipinski definition) is 0. The number of halogens is 3. The van der Waals surface area contributed by atoms with Gasteiger partial charge in [-0.2, -0.15) is 18.4 Å². The Morgan fingerprint density at radius 2 is 0.925 bits per heavy atom. The van der Waals surface area contributed by atoms with E-state index in [1.165, 1.54) is 17.0 Å². The van der Waals surface area contributed by atoms with Crippen molar-refractivity contribution in [1.82, 2.24) is 0 Å². The maximum absolute atomic E-state index is 15.4. The summed E-state index contributed by atoms with van der Waals surface area (Å²) in [5.74, 6) is 1.60. The normalized spacial score (nSPS) is 13.2. The van der Waals surface area contributed by atoms with Crippen molar-refractivity contribution in [1.29, 1.82) is 5.26 Å². The number of fused-ring (bicyclic) bond motifs is 4. The molecule has 5 aromatic carbocycles. The third-order valence-corrected chi connectivity index (χ3v) is 6.89. The summed E-state index contributed by atoms with van der Waals surface area (Å²) in [5, 5.41) is 10.1. The van der Waals surface area contributed by atoms with Gasteiger partial charge in [-0.15, -0.1) is 0 Å². The van der Waals surface area contributed by atoms with E-state index in [1.54, 1.807) is 102 Å². The van der Waals surface area contributed by atoms with Gasteiger partial charge in [0.15, 0.2) is 23.0 Å². The van der Waals surface area contributed by atoms with Crippen LogP contribution in [-0.4, -0.2) is 0 Å². The number of nitriles is 1. The van der Waals surface area contributed by atoms with E-state index in [-0.39, 0.29) is 16.9 Å². The second-order valence-corrected chi connectivity index (χ2v) is 9.21. The van der Waals surface area contributed by atoms with E-state index in [0.29, 0.717) is 45.7 Å². The Morgan fingerprint density at radius 1 is 0.525 bits per heavy atom. The zero-order valence-corrected chi connectivity index (χ0v) is 20.7. The number of nitrogens with zero attached hydrogens (tertiary/aromatic N) is 3. The molecular formula is C32H18F3N3O2. The highest BCUT2D eigenvalue weighted by Crippen LogP contribution is 2.58. The van der Waals surface area contributed by atoms with E-state index in [0.717, 1.165) is 0 Å². The van der Waals surface area contributed by atoms with Gasteiger partial charge < -0.3 is 19.3 Å². The van der Waals surface area contributed by atoms with Crippen molar-refractivity contribution in [3.8, 4) is 29.1 Å². The van der Waals surface area contributed by atoms with Gasteiger partial charge in [0, 0.05) is 0 Å². The molecule has 0 spiro atoms. The summed E-state index contributed by atoms with van der Waals surface area (Å²) >= 11 is 0. The summed E-state index contributed by atoms with van der Waals surface area (Å²) < 4.78 is 58.3. The molecule has 2 aliphatic heterocycles. The maximum Gasteiger partial charge on any atom is 0.420 e. The molecule has 0 fully saturated rings. The highest BCUT2D eigenvalue weighted by atomic mass is 19.4. The molecule has 0 amide bonds. The first-order valence-electron chi connectivity index (χ1n) is 12.4. The fraction of sp³-hybridized carbons (Fsp3) is 0.0312. The van der Waals surface area contributed by atoms with E-state index in [1.807, 2.05) is 6.07 Å². The van der Waals surface area contributed by atoms with E-state index in [4.69, 9.17) is 9.47 Å². The lowest BCUT2D eigenvalue weighted by atomic mass is 9.98. The fourth-order valence-electron chi connectivity index (χ4n) is 5.28. The molecule has 0 saturated carbocycles. The molecule has 0 aliphatic carbocycles. The van der Waals surface area contributed by atoms with Crippen LogP contribution in [0, 0.1) is 11.3 Å². The molecule has 8 heteroatoms. The molecule has 0 aromatic heterocycles. The SMILES string of the molecule is N#Cc1ccc(N2c3ccccc3Oc3ccccc32)c(C(F)(F)F)c1N1c2ccccc2Oc2ccccc21. The Labute approximate surface area is 227 Å². The van der Waals surface area contributed by atoms with Crippen LogP contribution in [0.25, 0.3) is 0 Å². The molecule has 2 heterocycles. The van der Waals surface area contributed by atoms with Gasteiger partial charge in [-0.05, 0) is 60.7 Å². The van der Waals surface area contributed by atoms with Crippen LogP contribution in [0.1, 0.15) is 11.1 Å². The highest BCUT2D eigenvalue weighted by Gasteiger charge is 2.44. The lowest BCUT2D eigenvalue weighted by molar-refractivity contribution is -0.136. The Hall–Kier alpha value is -5.42. The van der Waals surface area contributed by atoms with Crippen molar-refractivity contribution < 1.29 is 22.6 Å². The Morgan fingerprint density at radius 3 is 1.32 bits per heavy atom. The zero-order chi connectivity index (χ0) is 27.4. The number of alkyl halides is 3. The molecule has 0 bridgehead atoms. The quantitative estimate of drug-likeness (QED) is 0.221. The molecule has 40 heavy (non-hydrogen) atoms. The molecule has 0 atom stereocenters. The van der Waals surface area contributed by atoms with Crippen molar-refractivity contribution in [2.75, 3.05) is 9.80 Å². The van der Waals surface area contributed by atoms with Gasteiger partial charge >= 0.3 is 6.18 Å². The summed E-state index contributed by atoms with van der Waals surface area (Å²) in [5.41, 5.74) is 0.187. The number of para-hydroxylation sites is 8. The predicted octanol–water partition coefficient (Wildman–Crippen LogP) is 9.73. The summed E-state index contributed by atoms with van der Waals surface area (Å²) in [6, 6.07) is 32.3. The largest absolute Gasteiger partial charge is 0.453 e. The number of anilines is 6. The number of ether oxygens (including phenoxy) is 2. The highest BCUT2D eigenvalue weighted by molar-refractivity contribution is 5.95. The predicted molar refractivity (Wildman–Crippen MR) is 146 cm³/mol. The maximum atomic E-state index is 15.4. The first-order valence-corrected chi connectivity index (χ1v) is 12.4. The second kappa shape index (κ2) is 8.82. The molecule has 194 valence electrons. The summed E-state index contributed by atoms with van der Waals surface area (Å²) in [4.78, 5) is 3.01. The third-order valence-electron chi connectivity index (χ3n) is 6.89. The van der Waals surface area contributed by atoms with Crippen LogP contribution in [0.5, 0.6) is 23.0 Å². The molecule has 0 radical (unpaired) electrons. The van der Waals surface area contributed by atoms with Crippen molar-refractivity contribution in [2.45, 2.75) is 6.18 Å². The van der Waals surface area contributed by atoms with Crippen LogP contribution in [0.2, 0.25) is 0 Å². The minimum absolute atomic E-state index is 0.127. The van der Waals surface area contributed by atoms with Gasteiger partial charge in [0.25, 0.3) is 0 Å². The third kappa shape index (κ3) is 3.56. The molecule has 5 nitrogen and oxygen atoms in total. The van der Waals surface area contributed by atoms with Gasteiger partial charge in [-0.25, -0.2) is 0 Å². The lowest BCUT2D eigenvalue weighted by Gasteiger charge is -2.38. The zero-order valence-electron chi connectivity index (χ0n) is 20.7. The second-order valence-electron chi connectivity index (χ2n) is 9.21. The molecule has 5 aromatic rings. The van der Waals surface area contributed by atoms with Crippen LogP contribution in [-0.2, 0) is 6.18 Å². The number of hydrogen-bond acceptors (Lipinski definition) is 5. The first-order chi connectivity index (χ1) is 19.5. The topological polar surface area (TPSA) is 48.7 Å². The molecule has 7 rings (SSSR count). The Balaban J connectivity index is 1.59. The first kappa shape index (κ1) is 23.7. The number of benzene rings is 5. The molecule has 2 aliphatic rings. The van der Waals surface area contributed by atoms with E-state index in [2.05, 4.69) is 0 Å². The Kier molecular flexibility index (Phi) is 5.22.